The van der Waals surface area contributed by atoms with Crippen LogP contribution in [0, 0.1) is 5.92 Å². The van der Waals surface area contributed by atoms with Gasteiger partial charge in [-0.25, -0.2) is 0 Å². The molecule has 0 heterocycles. The summed E-state index contributed by atoms with van der Waals surface area (Å²) >= 11 is 2.31. The maximum Gasteiger partial charge on any atom is 0.200 e. The van der Waals surface area contributed by atoms with E-state index in [-0.39, 0.29) is 0 Å². The van der Waals surface area contributed by atoms with Gasteiger partial charge >= 0.3 is 0 Å². The summed E-state index contributed by atoms with van der Waals surface area (Å²) in [6.45, 7) is 18.6. The van der Waals surface area contributed by atoms with Gasteiger partial charge in [-0.1, -0.05) is 77.1 Å². The first kappa shape index (κ1) is 19.6. The highest BCUT2D eigenvalue weighted by Gasteiger charge is 2.46. The highest BCUT2D eigenvalue weighted by atomic mass is 127. The van der Waals surface area contributed by atoms with Crippen molar-refractivity contribution in [3.8, 4) is 0 Å². The van der Waals surface area contributed by atoms with Crippen molar-refractivity contribution in [3.63, 3.8) is 0 Å². The summed E-state index contributed by atoms with van der Waals surface area (Å²) in [6, 6.07) is 0. The Morgan fingerprint density at radius 2 is 1.37 bits per heavy atom. The molecule has 0 aromatic heterocycles. The predicted octanol–water partition coefficient (Wildman–Crippen LogP) is 6.54. The molecular formula is C16H33IOSi. The molecule has 0 aromatic carbocycles. The van der Waals surface area contributed by atoms with Gasteiger partial charge < -0.3 is 4.43 Å². The van der Waals surface area contributed by atoms with Crippen LogP contribution < -0.4 is 0 Å². The van der Waals surface area contributed by atoms with E-state index in [2.05, 4.69) is 88.1 Å². The Hall–Kier alpha value is 0.647. The van der Waals surface area contributed by atoms with Crippen LogP contribution in [0.25, 0.3) is 0 Å². The predicted molar refractivity (Wildman–Crippen MR) is 98.5 cm³/mol. The molecule has 1 nitrogen and oxygen atoms in total. The lowest BCUT2D eigenvalue weighted by molar-refractivity contribution is 0.147. The van der Waals surface area contributed by atoms with Crippen LogP contribution in [0.2, 0.25) is 16.6 Å². The molecule has 0 aliphatic heterocycles. The average molecular weight is 396 g/mol. The fourth-order valence-electron chi connectivity index (χ4n) is 3.54. The number of rotatable bonds is 8. The Balaban J connectivity index is 5.21. The second-order valence-corrected chi connectivity index (χ2v) is 12.7. The summed E-state index contributed by atoms with van der Waals surface area (Å²) in [5, 5.41) is 0. The van der Waals surface area contributed by atoms with Crippen molar-refractivity contribution in [3.05, 3.63) is 10.2 Å². The number of halogens is 1. The van der Waals surface area contributed by atoms with E-state index in [4.69, 9.17) is 4.43 Å². The maximum atomic E-state index is 6.81. The summed E-state index contributed by atoms with van der Waals surface area (Å²) in [6.07, 6.45) is 3.78. The quantitative estimate of drug-likeness (QED) is 0.334. The molecule has 0 spiro atoms. The third kappa shape index (κ3) is 4.85. The van der Waals surface area contributed by atoms with Crippen LogP contribution in [0.4, 0.5) is 0 Å². The zero-order valence-electron chi connectivity index (χ0n) is 14.0. The van der Waals surface area contributed by atoms with Gasteiger partial charge in [0.2, 0.25) is 8.32 Å². The normalized spacial score (nSPS) is 16.8. The smallest absolute Gasteiger partial charge is 0.200 e. The van der Waals surface area contributed by atoms with E-state index in [9.17, 15) is 0 Å². The van der Waals surface area contributed by atoms with Crippen molar-refractivity contribution < 1.29 is 4.43 Å². The number of hydrogen-bond donors (Lipinski definition) is 0. The van der Waals surface area contributed by atoms with Crippen LogP contribution in [-0.4, -0.2) is 14.4 Å². The molecule has 0 rings (SSSR count). The third-order valence-electron chi connectivity index (χ3n) is 4.49. The lowest BCUT2D eigenvalue weighted by Crippen LogP contribution is -2.50. The molecule has 0 aliphatic rings. The van der Waals surface area contributed by atoms with E-state index < -0.39 is 8.32 Å². The van der Waals surface area contributed by atoms with Gasteiger partial charge in [-0.05, 0) is 34.1 Å². The van der Waals surface area contributed by atoms with Crippen LogP contribution in [-0.2, 0) is 4.43 Å². The van der Waals surface area contributed by atoms with Crippen molar-refractivity contribution >= 4 is 30.9 Å². The molecular weight excluding hydrogens is 363 g/mol. The Morgan fingerprint density at radius 3 is 1.63 bits per heavy atom. The SMILES string of the molecule is CC[C@@H](/C=C/I)[C@@H](C)O[Si](C(C)C)(C(C)C)C(C)C. The molecule has 0 unspecified atom stereocenters. The van der Waals surface area contributed by atoms with Gasteiger partial charge in [-0.15, -0.1) is 0 Å². The zero-order chi connectivity index (χ0) is 15.2. The average Bonchev–Trinajstić information content (AvgIpc) is 2.31. The molecule has 0 fully saturated rings. The van der Waals surface area contributed by atoms with Crippen molar-refractivity contribution in [2.75, 3.05) is 0 Å². The minimum atomic E-state index is -1.74. The highest BCUT2D eigenvalue weighted by molar-refractivity contribution is 14.1. The molecule has 0 aromatic rings. The van der Waals surface area contributed by atoms with Gasteiger partial charge in [-0.2, -0.15) is 0 Å². The summed E-state index contributed by atoms with van der Waals surface area (Å²) in [5.41, 5.74) is 1.99. The van der Waals surface area contributed by atoms with Gasteiger partial charge in [0, 0.05) is 12.0 Å². The van der Waals surface area contributed by atoms with Gasteiger partial charge in [0.15, 0.2) is 0 Å². The van der Waals surface area contributed by atoms with Crippen molar-refractivity contribution in [2.45, 2.75) is 84.5 Å². The molecule has 0 saturated carbocycles. The van der Waals surface area contributed by atoms with Gasteiger partial charge in [0.05, 0.1) is 0 Å². The molecule has 0 amide bonds. The molecule has 3 heteroatoms. The van der Waals surface area contributed by atoms with Crippen LogP contribution in [0.5, 0.6) is 0 Å². The molecule has 19 heavy (non-hydrogen) atoms. The summed E-state index contributed by atoms with van der Waals surface area (Å²) in [4.78, 5) is 0. The van der Waals surface area contributed by atoms with Crippen LogP contribution in [0.15, 0.2) is 10.2 Å². The summed E-state index contributed by atoms with van der Waals surface area (Å²) in [7, 11) is -1.74. The Labute approximate surface area is 135 Å². The molecule has 0 aliphatic carbocycles. The van der Waals surface area contributed by atoms with Crippen molar-refractivity contribution in [1.29, 1.82) is 0 Å². The Morgan fingerprint density at radius 1 is 0.947 bits per heavy atom. The summed E-state index contributed by atoms with van der Waals surface area (Å²) < 4.78 is 8.95. The first-order valence-corrected chi connectivity index (χ1v) is 11.1. The standard InChI is InChI=1S/C16H33IOSi/c1-9-16(10-11-17)15(8)18-19(12(2)3,13(4)5)14(6)7/h10-16H,9H2,1-8H3/b11-10+/t15-,16+/m1/s1. The minimum absolute atomic E-state index is 0.329. The van der Waals surface area contributed by atoms with Crippen molar-refractivity contribution in [1.82, 2.24) is 0 Å². The second kappa shape index (κ2) is 8.83. The maximum absolute atomic E-state index is 6.81. The lowest BCUT2D eigenvalue weighted by Gasteiger charge is -2.45. The van der Waals surface area contributed by atoms with Gasteiger partial charge in [-0.3, -0.25) is 0 Å². The molecule has 114 valence electrons. The van der Waals surface area contributed by atoms with Gasteiger partial charge in [0.1, 0.15) is 0 Å². The fourth-order valence-corrected chi connectivity index (χ4v) is 9.70. The Kier molecular flexibility index (Phi) is 9.13. The Bertz CT molecular complexity index is 252. The van der Waals surface area contributed by atoms with E-state index >= 15 is 0 Å². The van der Waals surface area contributed by atoms with E-state index in [1.807, 2.05) is 0 Å². The van der Waals surface area contributed by atoms with E-state index in [1.54, 1.807) is 0 Å². The monoisotopic (exact) mass is 396 g/mol. The van der Waals surface area contributed by atoms with E-state index in [0.29, 0.717) is 28.6 Å². The molecule has 2 atom stereocenters. The van der Waals surface area contributed by atoms with Crippen LogP contribution in [0.3, 0.4) is 0 Å². The third-order valence-corrected chi connectivity index (χ3v) is 11.1. The zero-order valence-corrected chi connectivity index (χ0v) is 17.2. The van der Waals surface area contributed by atoms with Crippen LogP contribution >= 0.6 is 22.6 Å². The molecule has 0 N–H and O–H groups in total. The second-order valence-electron chi connectivity index (χ2n) is 6.53. The topological polar surface area (TPSA) is 9.23 Å². The fraction of sp³-hybridized carbons (Fsp3) is 0.875. The van der Waals surface area contributed by atoms with E-state index in [0.717, 1.165) is 6.42 Å². The molecule has 0 saturated heterocycles. The lowest BCUT2D eigenvalue weighted by atomic mass is 10.0. The molecule has 0 bridgehead atoms. The van der Waals surface area contributed by atoms with Gasteiger partial charge in [0.25, 0.3) is 0 Å². The van der Waals surface area contributed by atoms with Crippen LogP contribution in [0.1, 0.15) is 61.8 Å². The largest absolute Gasteiger partial charge is 0.413 e. The van der Waals surface area contributed by atoms with Crippen molar-refractivity contribution in [2.24, 2.45) is 5.92 Å². The highest BCUT2D eigenvalue weighted by Crippen LogP contribution is 2.43. The minimum Gasteiger partial charge on any atom is -0.413 e. The molecule has 0 radical (unpaired) electrons. The number of hydrogen-bond acceptors (Lipinski definition) is 1. The first-order valence-electron chi connectivity index (χ1n) is 7.68. The summed E-state index contributed by atoms with van der Waals surface area (Å²) in [5.74, 6) is 0.542. The van der Waals surface area contributed by atoms with E-state index in [1.165, 1.54) is 0 Å². The first-order chi connectivity index (χ1) is 8.73.